The van der Waals surface area contributed by atoms with Gasteiger partial charge in [0.2, 0.25) is 5.91 Å². The van der Waals surface area contributed by atoms with Crippen molar-refractivity contribution in [3.8, 4) is 0 Å². The number of ether oxygens (including phenoxy) is 1. The van der Waals surface area contributed by atoms with Gasteiger partial charge in [0.25, 0.3) is 0 Å². The Labute approximate surface area is 147 Å². The van der Waals surface area contributed by atoms with E-state index in [1.54, 1.807) is 11.3 Å². The molecule has 0 saturated carbocycles. The predicted octanol–water partition coefficient (Wildman–Crippen LogP) is 2.46. The van der Waals surface area contributed by atoms with Gasteiger partial charge in [-0.2, -0.15) is 0 Å². The van der Waals surface area contributed by atoms with Crippen LogP contribution < -0.4 is 5.32 Å². The molecule has 1 aliphatic heterocycles. The Hall–Kier alpha value is -1.50. The summed E-state index contributed by atoms with van der Waals surface area (Å²) in [6.45, 7) is 6.36. The van der Waals surface area contributed by atoms with Gasteiger partial charge < -0.3 is 10.1 Å². The molecule has 3 rings (SSSR count). The summed E-state index contributed by atoms with van der Waals surface area (Å²) in [5.41, 5.74) is 1.06. The molecule has 0 radical (unpaired) electrons. The molecule has 5 nitrogen and oxygen atoms in total. The smallest absolute Gasteiger partial charge is 0.220 e. The lowest BCUT2D eigenvalue weighted by Crippen LogP contribution is -2.47. The molecule has 1 amide bonds. The molecule has 2 heterocycles. The number of thiazole rings is 1. The number of carbonyl (C=O) groups is 1. The number of amides is 1. The molecule has 1 saturated heterocycles. The predicted molar refractivity (Wildman–Crippen MR) is 97.4 cm³/mol. The minimum absolute atomic E-state index is 0.135. The number of benzene rings is 1. The van der Waals surface area contributed by atoms with Crippen molar-refractivity contribution in [3.63, 3.8) is 0 Å². The summed E-state index contributed by atoms with van der Waals surface area (Å²) < 4.78 is 6.58. The summed E-state index contributed by atoms with van der Waals surface area (Å²) in [4.78, 5) is 19.0. The van der Waals surface area contributed by atoms with Crippen molar-refractivity contribution >= 4 is 27.5 Å². The Morgan fingerprint density at radius 1 is 1.38 bits per heavy atom. The second-order valence-corrected chi connectivity index (χ2v) is 7.35. The average molecular weight is 347 g/mol. The van der Waals surface area contributed by atoms with Gasteiger partial charge in [-0.05, 0) is 31.9 Å². The fourth-order valence-electron chi connectivity index (χ4n) is 2.92. The standard InChI is InChI=1S/C18H25N3O2S/c1-14(21-9-11-23-12-10-21)13-19-17(22)7-4-8-18-20-15-5-2-3-6-16(15)24-18/h2-3,5-6,14H,4,7-13H2,1H3,(H,19,22)/t14-/m0/s1. The van der Waals surface area contributed by atoms with Crippen molar-refractivity contribution < 1.29 is 9.53 Å². The summed E-state index contributed by atoms with van der Waals surface area (Å²) >= 11 is 1.72. The third-order valence-corrected chi connectivity index (χ3v) is 5.49. The third kappa shape index (κ3) is 4.75. The Balaban J connectivity index is 1.36. The number of nitrogens with one attached hydrogen (secondary N) is 1. The van der Waals surface area contributed by atoms with Gasteiger partial charge in [-0.25, -0.2) is 4.98 Å². The number of aromatic nitrogens is 1. The zero-order valence-corrected chi connectivity index (χ0v) is 15.0. The Kier molecular flexibility index (Phi) is 6.18. The molecule has 1 atom stereocenters. The average Bonchev–Trinajstić information content (AvgIpc) is 3.03. The molecule has 1 aromatic heterocycles. The zero-order valence-electron chi connectivity index (χ0n) is 14.2. The van der Waals surface area contributed by atoms with Crippen LogP contribution in [0.4, 0.5) is 0 Å². The van der Waals surface area contributed by atoms with E-state index in [4.69, 9.17) is 4.74 Å². The number of morpholine rings is 1. The van der Waals surface area contributed by atoms with Gasteiger partial charge in [0.1, 0.15) is 0 Å². The van der Waals surface area contributed by atoms with Gasteiger partial charge >= 0.3 is 0 Å². The zero-order chi connectivity index (χ0) is 16.8. The van der Waals surface area contributed by atoms with E-state index in [0.717, 1.165) is 49.7 Å². The maximum absolute atomic E-state index is 12.0. The fraction of sp³-hybridized carbons (Fsp3) is 0.556. The van der Waals surface area contributed by atoms with Crippen LogP contribution in [0.15, 0.2) is 24.3 Å². The van der Waals surface area contributed by atoms with E-state index in [1.807, 2.05) is 18.2 Å². The van der Waals surface area contributed by atoms with Crippen LogP contribution >= 0.6 is 11.3 Å². The van der Waals surface area contributed by atoms with E-state index < -0.39 is 0 Å². The number of hydrogen-bond acceptors (Lipinski definition) is 5. The molecule has 24 heavy (non-hydrogen) atoms. The first kappa shape index (κ1) is 17.3. The minimum Gasteiger partial charge on any atom is -0.379 e. The maximum Gasteiger partial charge on any atom is 0.220 e. The molecular weight excluding hydrogens is 322 g/mol. The van der Waals surface area contributed by atoms with Crippen molar-refractivity contribution in [2.45, 2.75) is 32.2 Å². The molecule has 1 fully saturated rings. The summed E-state index contributed by atoms with van der Waals surface area (Å²) in [6, 6.07) is 8.54. The fourth-order valence-corrected chi connectivity index (χ4v) is 3.93. The van der Waals surface area contributed by atoms with E-state index in [0.29, 0.717) is 19.0 Å². The van der Waals surface area contributed by atoms with Crippen molar-refractivity contribution in [2.24, 2.45) is 0 Å². The molecule has 130 valence electrons. The molecule has 0 bridgehead atoms. The van der Waals surface area contributed by atoms with Crippen molar-refractivity contribution in [1.29, 1.82) is 0 Å². The third-order valence-electron chi connectivity index (χ3n) is 4.40. The lowest BCUT2D eigenvalue weighted by atomic mass is 10.2. The van der Waals surface area contributed by atoms with Gasteiger partial charge in [0.05, 0.1) is 28.4 Å². The summed E-state index contributed by atoms with van der Waals surface area (Å²) in [6.07, 6.45) is 2.27. The first-order chi connectivity index (χ1) is 11.7. The van der Waals surface area contributed by atoms with Crippen LogP contribution in [0.1, 0.15) is 24.8 Å². The van der Waals surface area contributed by atoms with E-state index in [2.05, 4.69) is 28.2 Å². The van der Waals surface area contributed by atoms with E-state index in [1.165, 1.54) is 4.70 Å². The van der Waals surface area contributed by atoms with Crippen LogP contribution in [-0.4, -0.2) is 54.7 Å². The largest absolute Gasteiger partial charge is 0.379 e. The van der Waals surface area contributed by atoms with Crippen molar-refractivity contribution in [2.75, 3.05) is 32.8 Å². The Bertz CT molecular complexity index is 634. The second kappa shape index (κ2) is 8.55. The highest BCUT2D eigenvalue weighted by Gasteiger charge is 2.17. The quantitative estimate of drug-likeness (QED) is 0.836. The van der Waals surface area contributed by atoms with E-state index in [9.17, 15) is 4.79 Å². The van der Waals surface area contributed by atoms with Crippen LogP contribution in [-0.2, 0) is 16.0 Å². The highest BCUT2D eigenvalue weighted by Crippen LogP contribution is 2.22. The molecule has 0 aliphatic carbocycles. The minimum atomic E-state index is 0.135. The molecule has 0 spiro atoms. The SMILES string of the molecule is C[C@@H](CNC(=O)CCCc1nc2ccccc2s1)N1CCOCC1. The van der Waals surface area contributed by atoms with E-state index >= 15 is 0 Å². The monoisotopic (exact) mass is 347 g/mol. The number of fused-ring (bicyclic) bond motifs is 1. The molecule has 0 unspecified atom stereocenters. The van der Waals surface area contributed by atoms with Crippen LogP contribution in [0.25, 0.3) is 10.2 Å². The van der Waals surface area contributed by atoms with Crippen LogP contribution in [0, 0.1) is 0 Å². The highest BCUT2D eigenvalue weighted by atomic mass is 32.1. The van der Waals surface area contributed by atoms with Crippen LogP contribution in [0.5, 0.6) is 0 Å². The van der Waals surface area contributed by atoms with Crippen molar-refractivity contribution in [3.05, 3.63) is 29.3 Å². The molecule has 2 aromatic rings. The van der Waals surface area contributed by atoms with Gasteiger partial charge in [0.15, 0.2) is 0 Å². The summed E-state index contributed by atoms with van der Waals surface area (Å²) in [7, 11) is 0. The van der Waals surface area contributed by atoms with Crippen LogP contribution in [0.3, 0.4) is 0 Å². The van der Waals surface area contributed by atoms with Crippen molar-refractivity contribution in [1.82, 2.24) is 15.2 Å². The highest BCUT2D eigenvalue weighted by molar-refractivity contribution is 7.18. The first-order valence-electron chi connectivity index (χ1n) is 8.65. The molecular formula is C18H25N3O2S. The summed E-state index contributed by atoms with van der Waals surface area (Å²) in [5.74, 6) is 0.135. The number of para-hydroxylation sites is 1. The normalized spacial score (nSPS) is 17.0. The number of carbonyl (C=O) groups excluding carboxylic acids is 1. The van der Waals surface area contributed by atoms with E-state index in [-0.39, 0.29) is 5.91 Å². The lowest BCUT2D eigenvalue weighted by Gasteiger charge is -2.32. The number of nitrogens with zero attached hydrogens (tertiary/aromatic N) is 2. The van der Waals surface area contributed by atoms with Crippen LogP contribution in [0.2, 0.25) is 0 Å². The van der Waals surface area contributed by atoms with Gasteiger partial charge in [-0.1, -0.05) is 12.1 Å². The second-order valence-electron chi connectivity index (χ2n) is 6.23. The molecule has 1 aromatic carbocycles. The lowest BCUT2D eigenvalue weighted by molar-refractivity contribution is -0.121. The Morgan fingerprint density at radius 2 is 2.17 bits per heavy atom. The molecule has 1 aliphatic rings. The summed E-state index contributed by atoms with van der Waals surface area (Å²) in [5, 5.41) is 4.17. The maximum atomic E-state index is 12.0. The Morgan fingerprint density at radius 3 is 2.96 bits per heavy atom. The van der Waals surface area contributed by atoms with Gasteiger partial charge in [0, 0.05) is 32.1 Å². The molecule has 6 heteroatoms. The van der Waals surface area contributed by atoms with Gasteiger partial charge in [-0.15, -0.1) is 11.3 Å². The number of rotatable bonds is 7. The number of aryl methyl sites for hydroxylation is 1. The number of hydrogen-bond donors (Lipinski definition) is 1. The first-order valence-corrected chi connectivity index (χ1v) is 9.47. The topological polar surface area (TPSA) is 54.5 Å². The van der Waals surface area contributed by atoms with Gasteiger partial charge in [-0.3, -0.25) is 9.69 Å². The molecule has 1 N–H and O–H groups in total.